The lowest BCUT2D eigenvalue weighted by atomic mass is 10.1. The van der Waals surface area contributed by atoms with E-state index in [-0.39, 0.29) is 0 Å². The first kappa shape index (κ1) is 10.4. The van der Waals surface area contributed by atoms with Crippen LogP contribution in [0.5, 0.6) is 0 Å². The maximum Gasteiger partial charge on any atom is 0.127 e. The number of hydrogen-bond acceptors (Lipinski definition) is 2. The summed E-state index contributed by atoms with van der Waals surface area (Å²) in [5, 5.41) is 0. The minimum absolute atomic E-state index is 0.479. The molecular formula is C12H14N4. The van der Waals surface area contributed by atoms with Gasteiger partial charge in [0.2, 0.25) is 0 Å². The van der Waals surface area contributed by atoms with Gasteiger partial charge in [-0.3, -0.25) is 4.99 Å². The van der Waals surface area contributed by atoms with Gasteiger partial charge >= 0.3 is 0 Å². The smallest absolute Gasteiger partial charge is 0.127 e. The topological polar surface area (TPSA) is 67.1 Å². The number of amidine groups is 1. The summed E-state index contributed by atoms with van der Waals surface area (Å²) in [5.41, 5.74) is 8.02. The molecule has 0 fully saturated rings. The lowest BCUT2D eigenvalue weighted by Crippen LogP contribution is -2.13. The number of hydrogen-bond donors (Lipinski definition) is 2. The standard InChI is InChI=1S/C12H14N4/c1-9-2-4-10(5-3-9)12(13)16-8-11-14-6-7-15-11/h2-7H,8H2,1H3,(H2,13,16)(H,14,15). The molecular weight excluding hydrogens is 200 g/mol. The third-order valence-corrected chi connectivity index (χ3v) is 2.30. The fourth-order valence-corrected chi connectivity index (χ4v) is 1.36. The zero-order valence-electron chi connectivity index (χ0n) is 9.14. The molecule has 0 saturated carbocycles. The molecule has 82 valence electrons. The summed E-state index contributed by atoms with van der Waals surface area (Å²) in [4.78, 5) is 11.3. The molecule has 0 bridgehead atoms. The molecule has 4 heteroatoms. The van der Waals surface area contributed by atoms with Gasteiger partial charge in [0.05, 0.1) is 6.54 Å². The molecule has 1 heterocycles. The monoisotopic (exact) mass is 214 g/mol. The number of rotatable bonds is 3. The van der Waals surface area contributed by atoms with E-state index in [1.807, 2.05) is 31.2 Å². The Kier molecular flexibility index (Phi) is 3.00. The lowest BCUT2D eigenvalue weighted by molar-refractivity contribution is 0.947. The summed E-state index contributed by atoms with van der Waals surface area (Å²) < 4.78 is 0. The van der Waals surface area contributed by atoms with Crippen LogP contribution in [0.15, 0.2) is 41.7 Å². The molecule has 2 aromatic rings. The van der Waals surface area contributed by atoms with Crippen molar-refractivity contribution in [1.29, 1.82) is 0 Å². The highest BCUT2D eigenvalue weighted by atomic mass is 15.0. The molecule has 0 atom stereocenters. The number of aromatic amines is 1. The summed E-state index contributed by atoms with van der Waals surface area (Å²) in [7, 11) is 0. The molecule has 16 heavy (non-hydrogen) atoms. The van der Waals surface area contributed by atoms with Crippen molar-refractivity contribution in [3.8, 4) is 0 Å². The van der Waals surface area contributed by atoms with Crippen molar-refractivity contribution in [1.82, 2.24) is 9.97 Å². The molecule has 0 aliphatic carbocycles. The van der Waals surface area contributed by atoms with Crippen LogP contribution in [0.2, 0.25) is 0 Å². The molecule has 1 aromatic heterocycles. The van der Waals surface area contributed by atoms with Crippen LogP contribution in [0.25, 0.3) is 0 Å². The van der Waals surface area contributed by atoms with Crippen LogP contribution < -0.4 is 5.73 Å². The normalized spacial score (nSPS) is 11.7. The van der Waals surface area contributed by atoms with E-state index in [0.717, 1.165) is 11.4 Å². The number of benzene rings is 1. The van der Waals surface area contributed by atoms with Crippen molar-refractivity contribution in [2.24, 2.45) is 10.7 Å². The number of aromatic nitrogens is 2. The van der Waals surface area contributed by atoms with Crippen LogP contribution in [-0.2, 0) is 6.54 Å². The fraction of sp³-hybridized carbons (Fsp3) is 0.167. The Bertz CT molecular complexity index is 468. The average Bonchev–Trinajstić information content (AvgIpc) is 2.80. The van der Waals surface area contributed by atoms with Gasteiger partial charge in [-0.1, -0.05) is 29.8 Å². The van der Waals surface area contributed by atoms with E-state index in [2.05, 4.69) is 15.0 Å². The van der Waals surface area contributed by atoms with Gasteiger partial charge in [-0.25, -0.2) is 4.98 Å². The molecule has 0 aliphatic heterocycles. The van der Waals surface area contributed by atoms with Gasteiger partial charge in [-0.2, -0.15) is 0 Å². The van der Waals surface area contributed by atoms with E-state index in [9.17, 15) is 0 Å². The summed E-state index contributed by atoms with van der Waals surface area (Å²) in [6.45, 7) is 2.52. The van der Waals surface area contributed by atoms with Crippen molar-refractivity contribution in [2.45, 2.75) is 13.5 Å². The third kappa shape index (κ3) is 2.48. The Morgan fingerprint density at radius 1 is 1.38 bits per heavy atom. The number of aliphatic imine (C=N–C) groups is 1. The van der Waals surface area contributed by atoms with Crippen molar-refractivity contribution < 1.29 is 0 Å². The number of nitrogens with one attached hydrogen (secondary N) is 1. The predicted molar refractivity (Wildman–Crippen MR) is 64.2 cm³/mol. The molecule has 0 saturated heterocycles. The molecule has 0 amide bonds. The number of nitrogens with zero attached hydrogens (tertiary/aromatic N) is 2. The summed E-state index contributed by atoms with van der Waals surface area (Å²) in [6, 6.07) is 7.97. The molecule has 0 spiro atoms. The highest BCUT2D eigenvalue weighted by Gasteiger charge is 1.98. The SMILES string of the molecule is Cc1ccc(C(N)=NCc2ncc[nH]2)cc1. The first-order chi connectivity index (χ1) is 7.75. The predicted octanol–water partition coefficient (Wildman–Crippen LogP) is 1.62. The second-order valence-electron chi connectivity index (χ2n) is 3.60. The second-order valence-corrected chi connectivity index (χ2v) is 3.60. The fourth-order valence-electron chi connectivity index (χ4n) is 1.36. The summed E-state index contributed by atoms with van der Waals surface area (Å²) in [5.74, 6) is 1.35. The quantitative estimate of drug-likeness (QED) is 0.602. The van der Waals surface area contributed by atoms with Crippen LogP contribution in [0, 0.1) is 6.92 Å². The third-order valence-electron chi connectivity index (χ3n) is 2.30. The Balaban J connectivity index is 2.09. The van der Waals surface area contributed by atoms with Crippen LogP contribution in [0.3, 0.4) is 0 Å². The zero-order chi connectivity index (χ0) is 11.4. The number of imidazole rings is 1. The van der Waals surface area contributed by atoms with Gasteiger partial charge in [-0.15, -0.1) is 0 Å². The largest absolute Gasteiger partial charge is 0.383 e. The minimum atomic E-state index is 0.479. The maximum absolute atomic E-state index is 5.87. The van der Waals surface area contributed by atoms with Gasteiger partial charge in [0.15, 0.2) is 0 Å². The molecule has 3 N–H and O–H groups in total. The van der Waals surface area contributed by atoms with Crippen LogP contribution in [-0.4, -0.2) is 15.8 Å². The van der Waals surface area contributed by atoms with E-state index >= 15 is 0 Å². The van der Waals surface area contributed by atoms with Crippen molar-refractivity contribution in [2.75, 3.05) is 0 Å². The maximum atomic E-state index is 5.87. The number of H-pyrrole nitrogens is 1. The Morgan fingerprint density at radius 3 is 2.75 bits per heavy atom. The second kappa shape index (κ2) is 4.61. The lowest BCUT2D eigenvalue weighted by Gasteiger charge is -2.00. The van der Waals surface area contributed by atoms with Crippen molar-refractivity contribution in [3.05, 3.63) is 53.6 Å². The summed E-state index contributed by atoms with van der Waals surface area (Å²) >= 11 is 0. The van der Waals surface area contributed by atoms with Crippen LogP contribution >= 0.6 is 0 Å². The number of aryl methyl sites for hydroxylation is 1. The minimum Gasteiger partial charge on any atom is -0.383 e. The van der Waals surface area contributed by atoms with Crippen molar-refractivity contribution >= 4 is 5.84 Å². The molecule has 2 rings (SSSR count). The van der Waals surface area contributed by atoms with E-state index in [0.29, 0.717) is 12.4 Å². The van der Waals surface area contributed by atoms with E-state index in [4.69, 9.17) is 5.73 Å². The first-order valence-electron chi connectivity index (χ1n) is 5.11. The highest BCUT2D eigenvalue weighted by molar-refractivity contribution is 5.97. The van der Waals surface area contributed by atoms with E-state index in [1.165, 1.54) is 5.56 Å². The van der Waals surface area contributed by atoms with Gasteiger partial charge < -0.3 is 10.7 Å². The molecule has 1 aromatic carbocycles. The molecule has 4 nitrogen and oxygen atoms in total. The Hall–Kier alpha value is -2.10. The molecule has 0 aliphatic rings. The Morgan fingerprint density at radius 2 is 2.12 bits per heavy atom. The average molecular weight is 214 g/mol. The Labute approximate surface area is 94.2 Å². The van der Waals surface area contributed by atoms with Crippen LogP contribution in [0.4, 0.5) is 0 Å². The zero-order valence-corrected chi connectivity index (χ0v) is 9.14. The molecule has 0 radical (unpaired) electrons. The molecule has 0 unspecified atom stereocenters. The highest BCUT2D eigenvalue weighted by Crippen LogP contribution is 2.03. The van der Waals surface area contributed by atoms with Gasteiger partial charge in [0.25, 0.3) is 0 Å². The van der Waals surface area contributed by atoms with Gasteiger partial charge in [-0.05, 0) is 6.92 Å². The first-order valence-corrected chi connectivity index (χ1v) is 5.11. The van der Waals surface area contributed by atoms with Crippen molar-refractivity contribution in [3.63, 3.8) is 0 Å². The van der Waals surface area contributed by atoms with Gasteiger partial charge in [0.1, 0.15) is 11.7 Å². The van der Waals surface area contributed by atoms with Gasteiger partial charge in [0, 0.05) is 18.0 Å². The summed E-state index contributed by atoms with van der Waals surface area (Å²) in [6.07, 6.45) is 3.47. The van der Waals surface area contributed by atoms with Crippen LogP contribution in [0.1, 0.15) is 17.0 Å². The van der Waals surface area contributed by atoms with E-state index in [1.54, 1.807) is 12.4 Å². The number of nitrogens with two attached hydrogens (primary N) is 1. The van der Waals surface area contributed by atoms with E-state index < -0.39 is 0 Å².